The molecule has 1 aromatic carbocycles. The molecule has 24 heavy (non-hydrogen) atoms. The number of urea groups is 1. The van der Waals surface area contributed by atoms with Gasteiger partial charge in [-0.1, -0.05) is 18.2 Å². The van der Waals surface area contributed by atoms with Crippen LogP contribution in [0.2, 0.25) is 0 Å². The summed E-state index contributed by atoms with van der Waals surface area (Å²) < 4.78 is 13.6. The molecule has 1 unspecified atom stereocenters. The summed E-state index contributed by atoms with van der Waals surface area (Å²) in [5.41, 5.74) is -1.20. The van der Waals surface area contributed by atoms with E-state index < -0.39 is 35.7 Å². The summed E-state index contributed by atoms with van der Waals surface area (Å²) in [5, 5.41) is 6.76. The lowest BCUT2D eigenvalue weighted by atomic mass is 10.0. The third-order valence-corrected chi connectivity index (χ3v) is 4.83. The second-order valence-electron chi connectivity index (χ2n) is 5.45. The second-order valence-corrected chi connectivity index (χ2v) is 6.40. The number of halogens is 1. The third kappa shape index (κ3) is 2.76. The van der Waals surface area contributed by atoms with Crippen molar-refractivity contribution in [2.75, 3.05) is 11.9 Å². The highest BCUT2D eigenvalue weighted by Gasteiger charge is 2.50. The van der Waals surface area contributed by atoms with Gasteiger partial charge in [0, 0.05) is 4.88 Å². The van der Waals surface area contributed by atoms with Gasteiger partial charge in [-0.2, -0.15) is 0 Å². The van der Waals surface area contributed by atoms with Gasteiger partial charge in [0.25, 0.3) is 5.91 Å². The maximum absolute atomic E-state index is 13.6. The third-order valence-electron chi connectivity index (χ3n) is 3.74. The molecule has 1 saturated heterocycles. The molecule has 1 fully saturated rings. The van der Waals surface area contributed by atoms with Gasteiger partial charge in [0.15, 0.2) is 5.54 Å². The van der Waals surface area contributed by atoms with Crippen LogP contribution in [0, 0.1) is 5.82 Å². The van der Waals surface area contributed by atoms with Crippen LogP contribution in [0.25, 0.3) is 0 Å². The van der Waals surface area contributed by atoms with Crippen LogP contribution < -0.4 is 10.6 Å². The summed E-state index contributed by atoms with van der Waals surface area (Å²) in [6, 6.07) is 8.53. The molecule has 1 aromatic heterocycles. The van der Waals surface area contributed by atoms with E-state index in [-0.39, 0.29) is 5.69 Å². The zero-order chi connectivity index (χ0) is 17.3. The molecule has 0 bridgehead atoms. The van der Waals surface area contributed by atoms with E-state index in [1.165, 1.54) is 29.5 Å². The molecule has 1 aliphatic rings. The predicted molar refractivity (Wildman–Crippen MR) is 86.9 cm³/mol. The molecule has 8 heteroatoms. The van der Waals surface area contributed by atoms with Gasteiger partial charge in [-0.3, -0.25) is 14.5 Å². The fourth-order valence-electron chi connectivity index (χ4n) is 2.47. The lowest BCUT2D eigenvalue weighted by molar-refractivity contribution is -0.133. The van der Waals surface area contributed by atoms with E-state index in [4.69, 9.17) is 0 Å². The number of amides is 4. The highest BCUT2D eigenvalue weighted by atomic mass is 32.1. The van der Waals surface area contributed by atoms with Gasteiger partial charge in [-0.05, 0) is 30.5 Å². The van der Waals surface area contributed by atoms with Crippen LogP contribution in [-0.4, -0.2) is 29.3 Å². The molecule has 0 aliphatic carbocycles. The van der Waals surface area contributed by atoms with Crippen molar-refractivity contribution in [3.63, 3.8) is 0 Å². The minimum atomic E-state index is -1.19. The Bertz CT molecular complexity index is 809. The number of hydrogen-bond donors (Lipinski definition) is 2. The maximum atomic E-state index is 13.6. The van der Waals surface area contributed by atoms with E-state index in [9.17, 15) is 18.8 Å². The standard InChI is InChI=1S/C16H14FN3O3S/c1-16(12-7-4-8-24-12)14(22)20(15(23)19-16)9-13(21)18-11-6-3-2-5-10(11)17/h2-8H,9H2,1H3,(H,18,21)(H,19,23). The van der Waals surface area contributed by atoms with Gasteiger partial charge in [0.05, 0.1) is 5.69 Å². The van der Waals surface area contributed by atoms with Crippen LogP contribution in [0.1, 0.15) is 11.8 Å². The molecular formula is C16H14FN3O3S. The van der Waals surface area contributed by atoms with Gasteiger partial charge in [0.1, 0.15) is 12.4 Å². The number of carbonyl (C=O) groups excluding carboxylic acids is 3. The van der Waals surface area contributed by atoms with E-state index in [2.05, 4.69) is 10.6 Å². The highest BCUT2D eigenvalue weighted by Crippen LogP contribution is 2.31. The average Bonchev–Trinajstić information content (AvgIpc) is 3.14. The maximum Gasteiger partial charge on any atom is 0.325 e. The Labute approximate surface area is 141 Å². The van der Waals surface area contributed by atoms with Crippen molar-refractivity contribution >= 4 is 34.9 Å². The van der Waals surface area contributed by atoms with Crippen LogP contribution in [0.5, 0.6) is 0 Å². The Morgan fingerprint density at radius 1 is 1.29 bits per heavy atom. The normalized spacial score (nSPS) is 20.2. The Morgan fingerprint density at radius 3 is 2.71 bits per heavy atom. The van der Waals surface area contributed by atoms with Crippen molar-refractivity contribution in [3.8, 4) is 0 Å². The number of benzene rings is 1. The average molecular weight is 347 g/mol. The number of thiophene rings is 1. The Morgan fingerprint density at radius 2 is 2.04 bits per heavy atom. The van der Waals surface area contributed by atoms with E-state index in [1.54, 1.807) is 30.5 Å². The molecule has 4 amide bonds. The molecule has 1 atom stereocenters. The summed E-state index contributed by atoms with van der Waals surface area (Å²) in [6.07, 6.45) is 0. The van der Waals surface area contributed by atoms with Crippen LogP contribution in [0.3, 0.4) is 0 Å². The number of rotatable bonds is 4. The first-order chi connectivity index (χ1) is 11.4. The van der Waals surface area contributed by atoms with Gasteiger partial charge < -0.3 is 10.6 Å². The number of para-hydroxylation sites is 1. The molecule has 6 nitrogen and oxygen atoms in total. The van der Waals surface area contributed by atoms with Gasteiger partial charge in [0.2, 0.25) is 5.91 Å². The monoisotopic (exact) mass is 347 g/mol. The molecule has 2 aromatic rings. The van der Waals surface area contributed by atoms with Gasteiger partial charge in [-0.25, -0.2) is 9.18 Å². The lowest BCUT2D eigenvalue weighted by Crippen LogP contribution is -2.41. The van der Waals surface area contributed by atoms with Crippen molar-refractivity contribution in [2.24, 2.45) is 0 Å². The molecule has 124 valence electrons. The first-order valence-electron chi connectivity index (χ1n) is 7.14. The number of hydrogen-bond acceptors (Lipinski definition) is 4. The molecule has 1 aliphatic heterocycles. The van der Waals surface area contributed by atoms with Crippen LogP contribution in [0.4, 0.5) is 14.9 Å². The smallest absolute Gasteiger partial charge is 0.322 e. The second kappa shape index (κ2) is 6.04. The molecular weight excluding hydrogens is 333 g/mol. The summed E-state index contributed by atoms with van der Waals surface area (Å²) in [6.45, 7) is 1.10. The Hall–Kier alpha value is -2.74. The van der Waals surface area contributed by atoms with Crippen molar-refractivity contribution in [3.05, 3.63) is 52.5 Å². The summed E-state index contributed by atoms with van der Waals surface area (Å²) >= 11 is 1.34. The topological polar surface area (TPSA) is 78.5 Å². The van der Waals surface area contributed by atoms with Gasteiger partial charge >= 0.3 is 6.03 Å². The summed E-state index contributed by atoms with van der Waals surface area (Å²) in [4.78, 5) is 38.2. The number of carbonyl (C=O) groups is 3. The number of nitrogens with one attached hydrogen (secondary N) is 2. The fraction of sp³-hybridized carbons (Fsp3) is 0.188. The zero-order valence-corrected chi connectivity index (χ0v) is 13.5. The summed E-state index contributed by atoms with van der Waals surface area (Å²) in [7, 11) is 0. The molecule has 0 radical (unpaired) electrons. The molecule has 0 saturated carbocycles. The SMILES string of the molecule is CC1(c2cccs2)NC(=O)N(CC(=O)Nc2ccccc2F)C1=O. The molecule has 2 N–H and O–H groups in total. The molecule has 0 spiro atoms. The molecule has 2 heterocycles. The minimum Gasteiger partial charge on any atom is -0.322 e. The van der Waals surface area contributed by atoms with Gasteiger partial charge in [-0.15, -0.1) is 11.3 Å². The van der Waals surface area contributed by atoms with E-state index in [1.807, 2.05) is 0 Å². The van der Waals surface area contributed by atoms with E-state index >= 15 is 0 Å². The van der Waals surface area contributed by atoms with Crippen LogP contribution in [-0.2, 0) is 15.1 Å². The zero-order valence-electron chi connectivity index (χ0n) is 12.7. The Balaban J connectivity index is 1.74. The number of nitrogens with zero attached hydrogens (tertiary/aromatic N) is 1. The molecule has 3 rings (SSSR count). The first-order valence-corrected chi connectivity index (χ1v) is 8.02. The Kier molecular flexibility index (Phi) is 4.06. The predicted octanol–water partition coefficient (Wildman–Crippen LogP) is 2.29. The van der Waals surface area contributed by atoms with Crippen LogP contribution in [0.15, 0.2) is 41.8 Å². The lowest BCUT2D eigenvalue weighted by Gasteiger charge is -2.20. The number of imide groups is 1. The summed E-state index contributed by atoms with van der Waals surface area (Å²) in [5.74, 6) is -1.76. The van der Waals surface area contributed by atoms with Crippen molar-refractivity contribution in [2.45, 2.75) is 12.5 Å². The first kappa shape index (κ1) is 16.1. The quantitative estimate of drug-likeness (QED) is 0.833. The highest BCUT2D eigenvalue weighted by molar-refractivity contribution is 7.10. The largest absolute Gasteiger partial charge is 0.325 e. The van der Waals surface area contributed by atoms with Crippen molar-refractivity contribution < 1.29 is 18.8 Å². The fourth-order valence-corrected chi connectivity index (χ4v) is 3.30. The van der Waals surface area contributed by atoms with Crippen molar-refractivity contribution in [1.29, 1.82) is 0 Å². The van der Waals surface area contributed by atoms with E-state index in [0.29, 0.717) is 4.88 Å². The minimum absolute atomic E-state index is 0.00410. The van der Waals surface area contributed by atoms with Crippen molar-refractivity contribution in [1.82, 2.24) is 10.2 Å². The van der Waals surface area contributed by atoms with Crippen LogP contribution >= 0.6 is 11.3 Å². The van der Waals surface area contributed by atoms with E-state index in [0.717, 1.165) is 4.90 Å². The number of anilines is 1.